The Balaban J connectivity index is 1.83. The number of nitrogens with zero attached hydrogens (tertiary/aromatic N) is 2. The first-order valence-corrected chi connectivity index (χ1v) is 10.6. The zero-order valence-electron chi connectivity index (χ0n) is 17.5. The number of carbonyl (C=O) groups excluding carboxylic acids is 1. The second kappa shape index (κ2) is 8.82. The maximum atomic E-state index is 13.5. The standard InChI is InChI=1S/C25H23ClN2O3/c1-3-5-17-8-11-21(12-9-17)28-23-15-20(26)10-13-22(23)27(25(28)30)16-18-6-4-7-19(14-18)24(29)31-2/h4,6-15H,3,5,16H2,1-2H3. The molecule has 0 saturated carbocycles. The van der Waals surface area contributed by atoms with E-state index < -0.39 is 5.97 Å². The molecule has 0 unspecified atom stereocenters. The molecular formula is C25H23ClN2O3. The first-order chi connectivity index (χ1) is 15.0. The summed E-state index contributed by atoms with van der Waals surface area (Å²) in [6.45, 7) is 2.46. The molecule has 0 spiro atoms. The molecule has 4 rings (SSSR count). The molecule has 0 amide bonds. The number of imidazole rings is 1. The van der Waals surface area contributed by atoms with Gasteiger partial charge in [-0.25, -0.2) is 9.59 Å². The Kier molecular flexibility index (Phi) is 5.96. The summed E-state index contributed by atoms with van der Waals surface area (Å²) in [4.78, 5) is 25.4. The van der Waals surface area contributed by atoms with E-state index in [-0.39, 0.29) is 5.69 Å². The lowest BCUT2D eigenvalue weighted by atomic mass is 10.1. The van der Waals surface area contributed by atoms with Gasteiger partial charge in [-0.2, -0.15) is 0 Å². The molecule has 0 atom stereocenters. The van der Waals surface area contributed by atoms with Crippen molar-refractivity contribution in [2.24, 2.45) is 0 Å². The van der Waals surface area contributed by atoms with Crippen LogP contribution in [0.5, 0.6) is 0 Å². The number of aromatic nitrogens is 2. The van der Waals surface area contributed by atoms with Crippen LogP contribution >= 0.6 is 11.6 Å². The summed E-state index contributed by atoms with van der Waals surface area (Å²) in [5, 5.41) is 0.564. The number of fused-ring (bicyclic) bond motifs is 1. The predicted molar refractivity (Wildman–Crippen MR) is 123 cm³/mol. The quantitative estimate of drug-likeness (QED) is 0.390. The number of ether oxygens (including phenoxy) is 1. The van der Waals surface area contributed by atoms with Crippen molar-refractivity contribution in [1.29, 1.82) is 0 Å². The summed E-state index contributed by atoms with van der Waals surface area (Å²) in [5.41, 5.74) is 4.66. The van der Waals surface area contributed by atoms with Crippen LogP contribution in [-0.4, -0.2) is 22.2 Å². The minimum absolute atomic E-state index is 0.163. The van der Waals surface area contributed by atoms with Crippen molar-refractivity contribution in [2.45, 2.75) is 26.3 Å². The SMILES string of the molecule is CCCc1ccc(-n2c(=O)n(Cc3cccc(C(=O)OC)c3)c3ccc(Cl)cc32)cc1. The van der Waals surface area contributed by atoms with Crippen LogP contribution in [0, 0.1) is 0 Å². The predicted octanol–water partition coefficient (Wildman–Crippen LogP) is 5.23. The molecule has 0 saturated heterocycles. The highest BCUT2D eigenvalue weighted by molar-refractivity contribution is 6.31. The Hall–Kier alpha value is -3.31. The van der Waals surface area contributed by atoms with E-state index in [0.717, 1.165) is 35.1 Å². The van der Waals surface area contributed by atoms with E-state index in [1.165, 1.54) is 12.7 Å². The van der Waals surface area contributed by atoms with Crippen LogP contribution in [0.1, 0.15) is 34.8 Å². The lowest BCUT2D eigenvalue weighted by molar-refractivity contribution is 0.0600. The third-order valence-electron chi connectivity index (χ3n) is 5.31. The van der Waals surface area contributed by atoms with Gasteiger partial charge in [-0.1, -0.05) is 49.2 Å². The van der Waals surface area contributed by atoms with Crippen molar-refractivity contribution >= 4 is 28.6 Å². The number of halogens is 1. The monoisotopic (exact) mass is 434 g/mol. The third-order valence-corrected chi connectivity index (χ3v) is 5.55. The Morgan fingerprint density at radius 1 is 0.968 bits per heavy atom. The first-order valence-electron chi connectivity index (χ1n) is 10.2. The molecule has 6 heteroatoms. The maximum Gasteiger partial charge on any atom is 0.337 e. The number of aryl methyl sites for hydroxylation is 1. The van der Waals surface area contributed by atoms with E-state index in [1.54, 1.807) is 39.5 Å². The highest BCUT2D eigenvalue weighted by atomic mass is 35.5. The van der Waals surface area contributed by atoms with Crippen LogP contribution < -0.4 is 5.69 Å². The van der Waals surface area contributed by atoms with Crippen LogP contribution in [0.3, 0.4) is 0 Å². The second-order valence-electron chi connectivity index (χ2n) is 7.45. The van der Waals surface area contributed by atoms with Crippen LogP contribution in [0.15, 0.2) is 71.5 Å². The van der Waals surface area contributed by atoms with Gasteiger partial charge >= 0.3 is 11.7 Å². The molecule has 0 N–H and O–H groups in total. The molecule has 0 aliphatic heterocycles. The molecule has 158 valence electrons. The van der Waals surface area contributed by atoms with Gasteiger partial charge in [-0.3, -0.25) is 9.13 Å². The average Bonchev–Trinajstić information content (AvgIpc) is 3.04. The number of esters is 1. The number of carbonyl (C=O) groups is 1. The minimum Gasteiger partial charge on any atom is -0.465 e. The third kappa shape index (κ3) is 4.14. The average molecular weight is 435 g/mol. The molecule has 0 aliphatic carbocycles. The lowest BCUT2D eigenvalue weighted by Gasteiger charge is -2.06. The number of hydrogen-bond acceptors (Lipinski definition) is 3. The smallest absolute Gasteiger partial charge is 0.337 e. The van der Waals surface area contributed by atoms with Crippen LogP contribution in [0.25, 0.3) is 16.7 Å². The fourth-order valence-electron chi connectivity index (χ4n) is 3.83. The molecule has 0 radical (unpaired) electrons. The molecule has 0 bridgehead atoms. The fourth-order valence-corrected chi connectivity index (χ4v) is 4.00. The molecule has 31 heavy (non-hydrogen) atoms. The number of hydrogen-bond donors (Lipinski definition) is 0. The van der Waals surface area contributed by atoms with Gasteiger partial charge in [0.15, 0.2) is 0 Å². The first kappa shape index (κ1) is 20.9. The van der Waals surface area contributed by atoms with E-state index in [9.17, 15) is 9.59 Å². The summed E-state index contributed by atoms with van der Waals surface area (Å²) in [7, 11) is 1.35. The van der Waals surface area contributed by atoms with Gasteiger partial charge in [0.25, 0.3) is 0 Å². The zero-order chi connectivity index (χ0) is 22.0. The molecule has 3 aromatic carbocycles. The summed E-state index contributed by atoms with van der Waals surface area (Å²) >= 11 is 6.26. The summed E-state index contributed by atoms with van der Waals surface area (Å²) in [6.07, 6.45) is 2.07. The lowest BCUT2D eigenvalue weighted by Crippen LogP contribution is -2.23. The molecular weight excluding hydrogens is 412 g/mol. The summed E-state index contributed by atoms with van der Waals surface area (Å²) in [5.74, 6) is -0.407. The van der Waals surface area contributed by atoms with Crippen molar-refractivity contribution in [1.82, 2.24) is 9.13 Å². The Labute approximate surface area is 185 Å². The Morgan fingerprint density at radius 3 is 2.45 bits per heavy atom. The van der Waals surface area contributed by atoms with Crippen molar-refractivity contribution in [3.63, 3.8) is 0 Å². The van der Waals surface area contributed by atoms with Crippen LogP contribution in [0.2, 0.25) is 5.02 Å². The number of rotatable bonds is 6. The van der Waals surface area contributed by atoms with Gasteiger partial charge in [-0.05, 0) is 60.0 Å². The van der Waals surface area contributed by atoms with E-state index in [1.807, 2.05) is 24.3 Å². The fraction of sp³-hybridized carbons (Fsp3) is 0.200. The van der Waals surface area contributed by atoms with Gasteiger partial charge in [-0.15, -0.1) is 0 Å². The van der Waals surface area contributed by atoms with Crippen molar-refractivity contribution < 1.29 is 9.53 Å². The van der Waals surface area contributed by atoms with E-state index >= 15 is 0 Å². The van der Waals surface area contributed by atoms with E-state index in [0.29, 0.717) is 17.1 Å². The second-order valence-corrected chi connectivity index (χ2v) is 7.88. The topological polar surface area (TPSA) is 53.2 Å². The van der Waals surface area contributed by atoms with Crippen molar-refractivity contribution in [2.75, 3.05) is 7.11 Å². The highest BCUT2D eigenvalue weighted by Gasteiger charge is 2.16. The van der Waals surface area contributed by atoms with E-state index in [2.05, 4.69) is 19.1 Å². The highest BCUT2D eigenvalue weighted by Crippen LogP contribution is 2.23. The molecule has 1 heterocycles. The summed E-state index contributed by atoms with van der Waals surface area (Å²) < 4.78 is 8.19. The van der Waals surface area contributed by atoms with Gasteiger partial charge in [0, 0.05) is 5.02 Å². The molecule has 0 aliphatic rings. The van der Waals surface area contributed by atoms with Gasteiger partial charge < -0.3 is 4.74 Å². The normalized spacial score (nSPS) is 11.1. The zero-order valence-corrected chi connectivity index (χ0v) is 18.2. The molecule has 4 aromatic rings. The number of benzene rings is 3. The minimum atomic E-state index is -0.407. The van der Waals surface area contributed by atoms with Crippen LogP contribution in [-0.2, 0) is 17.7 Å². The van der Waals surface area contributed by atoms with E-state index in [4.69, 9.17) is 16.3 Å². The molecule has 5 nitrogen and oxygen atoms in total. The maximum absolute atomic E-state index is 13.5. The largest absolute Gasteiger partial charge is 0.465 e. The molecule has 1 aromatic heterocycles. The van der Waals surface area contributed by atoms with Crippen molar-refractivity contribution in [3.8, 4) is 5.69 Å². The summed E-state index contributed by atoms with van der Waals surface area (Å²) in [6, 6.07) is 20.6. The van der Waals surface area contributed by atoms with Gasteiger partial charge in [0.1, 0.15) is 0 Å². The van der Waals surface area contributed by atoms with Crippen molar-refractivity contribution in [3.05, 3.63) is 98.9 Å². The Morgan fingerprint density at radius 2 is 1.74 bits per heavy atom. The van der Waals surface area contributed by atoms with Gasteiger partial charge in [0.05, 0.1) is 35.9 Å². The van der Waals surface area contributed by atoms with Gasteiger partial charge in [0.2, 0.25) is 0 Å². The Bertz CT molecular complexity index is 1300. The van der Waals surface area contributed by atoms with Crippen LogP contribution in [0.4, 0.5) is 0 Å². The molecule has 0 fully saturated rings. The number of methoxy groups -OCH3 is 1.